The zero-order chi connectivity index (χ0) is 24.1. The number of benzene rings is 3. The maximum absolute atomic E-state index is 13.2. The number of carbonyl (C=O) groups excluding carboxylic acids is 1. The van der Waals surface area contributed by atoms with E-state index in [2.05, 4.69) is 5.32 Å². The van der Waals surface area contributed by atoms with Gasteiger partial charge in [0.25, 0.3) is 5.91 Å². The van der Waals surface area contributed by atoms with Crippen LogP contribution in [-0.2, 0) is 19.6 Å². The summed E-state index contributed by atoms with van der Waals surface area (Å²) in [6, 6.07) is 18.1. The van der Waals surface area contributed by atoms with Crippen LogP contribution in [-0.4, -0.2) is 58.1 Å². The van der Waals surface area contributed by atoms with Crippen molar-refractivity contribution in [3.63, 3.8) is 0 Å². The number of amides is 1. The van der Waals surface area contributed by atoms with Gasteiger partial charge in [0, 0.05) is 24.2 Å². The van der Waals surface area contributed by atoms with Gasteiger partial charge in [-0.15, -0.1) is 0 Å². The van der Waals surface area contributed by atoms with Crippen molar-refractivity contribution in [3.8, 4) is 11.5 Å². The van der Waals surface area contributed by atoms with E-state index in [1.807, 2.05) is 49.4 Å². The van der Waals surface area contributed by atoms with Crippen molar-refractivity contribution < 1.29 is 27.4 Å². The molecule has 3 aromatic carbocycles. The van der Waals surface area contributed by atoms with Gasteiger partial charge in [-0.25, -0.2) is 8.42 Å². The van der Waals surface area contributed by atoms with E-state index in [0.717, 1.165) is 10.8 Å². The number of anilines is 1. The molecular weight excluding hydrogens is 456 g/mol. The normalized spacial score (nSPS) is 15.6. The average Bonchev–Trinajstić information content (AvgIpc) is 2.87. The molecule has 1 heterocycles. The van der Waals surface area contributed by atoms with Gasteiger partial charge in [-0.3, -0.25) is 4.79 Å². The molecule has 9 heteroatoms. The molecule has 1 atom stereocenters. The number of rotatable bonds is 8. The smallest absolute Gasteiger partial charge is 0.265 e. The Balaban J connectivity index is 1.56. The van der Waals surface area contributed by atoms with Gasteiger partial charge in [0.1, 0.15) is 16.4 Å². The molecule has 0 radical (unpaired) electrons. The Morgan fingerprint density at radius 2 is 1.79 bits per heavy atom. The lowest BCUT2D eigenvalue weighted by molar-refractivity contribution is -0.122. The summed E-state index contributed by atoms with van der Waals surface area (Å²) in [4.78, 5) is 13.1. The Hall–Kier alpha value is -3.14. The summed E-state index contributed by atoms with van der Waals surface area (Å²) in [6.07, 6.45) is -0.323. The van der Waals surface area contributed by atoms with Gasteiger partial charge in [0.15, 0.2) is 6.10 Å². The number of nitrogens with zero attached hydrogens (tertiary/aromatic N) is 1. The van der Waals surface area contributed by atoms with Crippen molar-refractivity contribution >= 4 is 32.4 Å². The SMILES string of the molecule is CC[C@@H](Oc1cccc2ccccc12)C(=O)Nc1ccc(OC)c(S(=O)(=O)N2CCOCC2)c1. The van der Waals surface area contributed by atoms with Crippen LogP contribution in [0.25, 0.3) is 10.8 Å². The monoisotopic (exact) mass is 484 g/mol. The van der Waals surface area contributed by atoms with E-state index in [1.54, 1.807) is 6.07 Å². The maximum Gasteiger partial charge on any atom is 0.265 e. The number of nitrogens with one attached hydrogen (secondary N) is 1. The van der Waals surface area contributed by atoms with Gasteiger partial charge in [-0.05, 0) is 36.1 Å². The molecular formula is C25H28N2O6S. The van der Waals surface area contributed by atoms with Crippen LogP contribution in [0, 0.1) is 0 Å². The Morgan fingerprint density at radius 1 is 1.06 bits per heavy atom. The summed E-state index contributed by atoms with van der Waals surface area (Å²) in [6.45, 7) is 3.05. The molecule has 1 aliphatic heterocycles. The van der Waals surface area contributed by atoms with E-state index in [-0.39, 0.29) is 29.6 Å². The van der Waals surface area contributed by atoms with Crippen LogP contribution in [0.2, 0.25) is 0 Å². The number of fused-ring (bicyclic) bond motifs is 1. The first-order valence-electron chi connectivity index (χ1n) is 11.1. The third-order valence-electron chi connectivity index (χ3n) is 5.70. The number of hydrogen-bond donors (Lipinski definition) is 1. The third kappa shape index (κ3) is 5.01. The molecule has 34 heavy (non-hydrogen) atoms. The molecule has 1 aliphatic rings. The van der Waals surface area contributed by atoms with Crippen molar-refractivity contribution in [1.29, 1.82) is 0 Å². The fourth-order valence-electron chi connectivity index (χ4n) is 3.88. The molecule has 1 fully saturated rings. The van der Waals surface area contributed by atoms with Crippen molar-refractivity contribution in [2.45, 2.75) is 24.3 Å². The van der Waals surface area contributed by atoms with Gasteiger partial charge in [0.2, 0.25) is 10.0 Å². The second-order valence-corrected chi connectivity index (χ2v) is 9.77. The molecule has 4 rings (SSSR count). The molecule has 0 spiro atoms. The Morgan fingerprint density at radius 3 is 2.53 bits per heavy atom. The standard InChI is InChI=1S/C25H28N2O6S/c1-3-21(33-22-10-6-8-18-7-4-5-9-20(18)22)25(28)26-19-11-12-23(31-2)24(17-19)34(29,30)27-13-15-32-16-14-27/h4-12,17,21H,3,13-16H2,1-2H3,(H,26,28)/t21-/m1/s1. The predicted octanol–water partition coefficient (Wildman–Crippen LogP) is 3.67. The first kappa shape index (κ1) is 24.0. The minimum absolute atomic E-state index is 0.00211. The lowest BCUT2D eigenvalue weighted by atomic mass is 10.1. The Labute approximate surface area is 199 Å². The van der Waals surface area contributed by atoms with Crippen LogP contribution >= 0.6 is 0 Å². The molecule has 0 aromatic heterocycles. The van der Waals surface area contributed by atoms with Crippen molar-refractivity contribution in [1.82, 2.24) is 4.31 Å². The summed E-state index contributed by atoms with van der Waals surface area (Å²) in [5.74, 6) is 0.462. The predicted molar refractivity (Wildman–Crippen MR) is 130 cm³/mol. The van der Waals surface area contributed by atoms with Crippen LogP contribution < -0.4 is 14.8 Å². The van der Waals surface area contributed by atoms with E-state index in [4.69, 9.17) is 14.2 Å². The minimum atomic E-state index is -3.82. The zero-order valence-electron chi connectivity index (χ0n) is 19.2. The Bertz CT molecular complexity index is 1270. The maximum atomic E-state index is 13.2. The highest BCUT2D eigenvalue weighted by Crippen LogP contribution is 2.31. The van der Waals surface area contributed by atoms with Crippen LogP contribution in [0.4, 0.5) is 5.69 Å². The topological polar surface area (TPSA) is 94.2 Å². The molecule has 1 amide bonds. The van der Waals surface area contributed by atoms with Gasteiger partial charge in [0.05, 0.1) is 20.3 Å². The van der Waals surface area contributed by atoms with Crippen LogP contribution in [0.1, 0.15) is 13.3 Å². The number of sulfonamides is 1. The molecule has 180 valence electrons. The lowest BCUT2D eigenvalue weighted by Crippen LogP contribution is -2.40. The largest absolute Gasteiger partial charge is 0.495 e. The summed E-state index contributed by atoms with van der Waals surface area (Å²) in [7, 11) is -2.40. The second kappa shape index (κ2) is 10.4. The molecule has 1 saturated heterocycles. The molecule has 0 aliphatic carbocycles. The Kier molecular flexibility index (Phi) is 7.35. The fourth-order valence-corrected chi connectivity index (χ4v) is 5.47. The zero-order valence-corrected chi connectivity index (χ0v) is 20.0. The summed E-state index contributed by atoms with van der Waals surface area (Å²) >= 11 is 0. The molecule has 0 saturated carbocycles. The van der Waals surface area contributed by atoms with Crippen LogP contribution in [0.15, 0.2) is 65.6 Å². The number of methoxy groups -OCH3 is 1. The highest BCUT2D eigenvalue weighted by Gasteiger charge is 2.30. The quantitative estimate of drug-likeness (QED) is 0.524. The fraction of sp³-hybridized carbons (Fsp3) is 0.320. The van der Waals surface area contributed by atoms with E-state index < -0.39 is 16.1 Å². The van der Waals surface area contributed by atoms with Crippen LogP contribution in [0.3, 0.4) is 0 Å². The highest BCUT2D eigenvalue weighted by molar-refractivity contribution is 7.89. The van der Waals surface area contributed by atoms with E-state index in [0.29, 0.717) is 31.1 Å². The third-order valence-corrected chi connectivity index (χ3v) is 7.62. The first-order chi connectivity index (χ1) is 16.4. The molecule has 3 aromatic rings. The minimum Gasteiger partial charge on any atom is -0.495 e. The summed E-state index contributed by atoms with van der Waals surface area (Å²) in [5, 5.41) is 4.73. The molecule has 0 unspecified atom stereocenters. The van der Waals surface area contributed by atoms with Crippen molar-refractivity contribution in [2.75, 3.05) is 38.7 Å². The molecule has 8 nitrogen and oxygen atoms in total. The number of morpholine rings is 1. The first-order valence-corrected chi connectivity index (χ1v) is 12.6. The highest BCUT2D eigenvalue weighted by atomic mass is 32.2. The van der Waals surface area contributed by atoms with Gasteiger partial charge in [-0.2, -0.15) is 4.31 Å². The molecule has 1 N–H and O–H groups in total. The average molecular weight is 485 g/mol. The van der Waals surface area contributed by atoms with Gasteiger partial charge < -0.3 is 19.5 Å². The second-order valence-electron chi connectivity index (χ2n) is 7.86. The number of hydrogen-bond acceptors (Lipinski definition) is 6. The van der Waals surface area contributed by atoms with E-state index in [9.17, 15) is 13.2 Å². The van der Waals surface area contributed by atoms with E-state index in [1.165, 1.54) is 23.5 Å². The van der Waals surface area contributed by atoms with Gasteiger partial charge >= 0.3 is 0 Å². The van der Waals surface area contributed by atoms with Crippen molar-refractivity contribution in [2.24, 2.45) is 0 Å². The van der Waals surface area contributed by atoms with E-state index >= 15 is 0 Å². The van der Waals surface area contributed by atoms with Crippen molar-refractivity contribution in [3.05, 3.63) is 60.7 Å². The van der Waals surface area contributed by atoms with Gasteiger partial charge in [-0.1, -0.05) is 43.3 Å². The molecule has 0 bridgehead atoms. The summed E-state index contributed by atoms with van der Waals surface area (Å²) in [5.41, 5.74) is 0.345. The number of ether oxygens (including phenoxy) is 3. The summed E-state index contributed by atoms with van der Waals surface area (Å²) < 4.78 is 44.4. The number of carbonyl (C=O) groups is 1. The lowest BCUT2D eigenvalue weighted by Gasteiger charge is -2.27. The van der Waals surface area contributed by atoms with Crippen LogP contribution in [0.5, 0.6) is 11.5 Å².